The molecule has 0 radical (unpaired) electrons. The first kappa shape index (κ1) is 19.8. The Kier molecular flexibility index (Phi) is 6.04. The van der Waals surface area contributed by atoms with Crippen LogP contribution in [-0.2, 0) is 0 Å². The summed E-state index contributed by atoms with van der Waals surface area (Å²) >= 11 is 0. The molecular weight excluding hydrogens is 372 g/mol. The second kappa shape index (κ2) is 8.84. The first-order chi connectivity index (χ1) is 14.0. The van der Waals surface area contributed by atoms with Gasteiger partial charge in [0.2, 0.25) is 0 Å². The van der Waals surface area contributed by atoms with E-state index in [0.717, 1.165) is 0 Å². The second-order valence-electron chi connectivity index (χ2n) is 6.07. The molecule has 3 rings (SSSR count). The predicted molar refractivity (Wildman–Crippen MR) is 106 cm³/mol. The third kappa shape index (κ3) is 4.68. The Labute approximate surface area is 167 Å². The SMILES string of the molecule is COc1cc(OC(=O)c2ccccc2)cc(OC(=O)c2ccccc2)c1C(C)=O. The lowest BCUT2D eigenvalue weighted by Gasteiger charge is -2.14. The minimum Gasteiger partial charge on any atom is -0.496 e. The summed E-state index contributed by atoms with van der Waals surface area (Å²) in [4.78, 5) is 37.0. The van der Waals surface area contributed by atoms with E-state index in [1.165, 1.54) is 26.2 Å². The van der Waals surface area contributed by atoms with Crippen LogP contribution in [-0.4, -0.2) is 24.8 Å². The molecule has 0 saturated carbocycles. The van der Waals surface area contributed by atoms with Crippen molar-refractivity contribution in [2.24, 2.45) is 0 Å². The second-order valence-corrected chi connectivity index (χ2v) is 6.07. The summed E-state index contributed by atoms with van der Waals surface area (Å²) in [5.74, 6) is -1.45. The summed E-state index contributed by atoms with van der Waals surface area (Å²) in [5, 5.41) is 0. The molecule has 29 heavy (non-hydrogen) atoms. The molecule has 0 saturated heterocycles. The van der Waals surface area contributed by atoms with E-state index < -0.39 is 11.9 Å². The van der Waals surface area contributed by atoms with Gasteiger partial charge in [-0.1, -0.05) is 36.4 Å². The fourth-order valence-electron chi connectivity index (χ4n) is 2.69. The summed E-state index contributed by atoms with van der Waals surface area (Å²) in [5.41, 5.74) is 0.744. The van der Waals surface area contributed by atoms with Crippen molar-refractivity contribution in [2.45, 2.75) is 6.92 Å². The van der Waals surface area contributed by atoms with Crippen LogP contribution >= 0.6 is 0 Å². The molecule has 0 aromatic heterocycles. The maximum atomic E-state index is 12.5. The van der Waals surface area contributed by atoms with E-state index in [1.807, 2.05) is 0 Å². The normalized spacial score (nSPS) is 10.1. The van der Waals surface area contributed by atoms with Gasteiger partial charge in [0.1, 0.15) is 22.8 Å². The van der Waals surface area contributed by atoms with Gasteiger partial charge in [0.05, 0.1) is 18.2 Å². The van der Waals surface area contributed by atoms with Crippen LogP contribution in [0.3, 0.4) is 0 Å². The standard InChI is InChI=1S/C23H18O6/c1-15(24)21-19(27-2)13-18(28-22(25)16-9-5-3-6-10-16)14-20(21)29-23(26)17-11-7-4-8-12-17/h3-14H,1-2H3. The van der Waals surface area contributed by atoms with Crippen molar-refractivity contribution in [1.29, 1.82) is 0 Å². The van der Waals surface area contributed by atoms with Crippen molar-refractivity contribution in [3.63, 3.8) is 0 Å². The number of hydrogen-bond acceptors (Lipinski definition) is 6. The van der Waals surface area contributed by atoms with E-state index in [-0.39, 0.29) is 28.6 Å². The quantitative estimate of drug-likeness (QED) is 0.354. The van der Waals surface area contributed by atoms with E-state index in [1.54, 1.807) is 60.7 Å². The molecular formula is C23H18O6. The molecule has 3 aromatic rings. The fourth-order valence-corrected chi connectivity index (χ4v) is 2.69. The summed E-state index contributed by atoms with van der Waals surface area (Å²) in [6.45, 7) is 1.33. The van der Waals surface area contributed by atoms with Crippen LogP contribution in [0.25, 0.3) is 0 Å². The lowest BCUT2D eigenvalue weighted by atomic mass is 10.1. The van der Waals surface area contributed by atoms with Crippen molar-refractivity contribution in [3.05, 3.63) is 89.5 Å². The number of carbonyl (C=O) groups excluding carboxylic acids is 3. The number of ketones is 1. The Morgan fingerprint density at radius 2 is 1.17 bits per heavy atom. The first-order valence-corrected chi connectivity index (χ1v) is 8.77. The highest BCUT2D eigenvalue weighted by Crippen LogP contribution is 2.35. The van der Waals surface area contributed by atoms with E-state index in [2.05, 4.69) is 0 Å². The number of methoxy groups -OCH3 is 1. The average molecular weight is 390 g/mol. The van der Waals surface area contributed by atoms with Crippen LogP contribution < -0.4 is 14.2 Å². The Morgan fingerprint density at radius 1 is 0.690 bits per heavy atom. The van der Waals surface area contributed by atoms with E-state index >= 15 is 0 Å². The highest BCUT2D eigenvalue weighted by Gasteiger charge is 2.22. The highest BCUT2D eigenvalue weighted by atomic mass is 16.5. The molecule has 0 aliphatic heterocycles. The smallest absolute Gasteiger partial charge is 0.343 e. The fraction of sp³-hybridized carbons (Fsp3) is 0.0870. The molecule has 0 atom stereocenters. The number of Topliss-reactive ketones (excluding diaryl/α,β-unsaturated/α-hetero) is 1. The third-order valence-electron chi connectivity index (χ3n) is 4.04. The summed E-state index contributed by atoms with van der Waals surface area (Å²) in [7, 11) is 1.37. The zero-order valence-electron chi connectivity index (χ0n) is 15.9. The number of hydrogen-bond donors (Lipinski definition) is 0. The van der Waals surface area contributed by atoms with Crippen LogP contribution in [0.1, 0.15) is 38.0 Å². The van der Waals surface area contributed by atoms with Crippen molar-refractivity contribution < 1.29 is 28.6 Å². The van der Waals surface area contributed by atoms with Gasteiger partial charge in [-0.25, -0.2) is 9.59 Å². The van der Waals surface area contributed by atoms with Gasteiger partial charge in [0.25, 0.3) is 0 Å². The van der Waals surface area contributed by atoms with Crippen LogP contribution in [0.5, 0.6) is 17.2 Å². The molecule has 0 bridgehead atoms. The van der Waals surface area contributed by atoms with Gasteiger partial charge in [-0.3, -0.25) is 4.79 Å². The van der Waals surface area contributed by atoms with E-state index in [4.69, 9.17) is 14.2 Å². The Morgan fingerprint density at radius 3 is 1.66 bits per heavy atom. The molecule has 6 heteroatoms. The summed E-state index contributed by atoms with van der Waals surface area (Å²) in [6, 6.07) is 19.5. The number of rotatable bonds is 6. The number of benzene rings is 3. The molecule has 0 fully saturated rings. The van der Waals surface area contributed by atoms with Crippen LogP contribution in [0.4, 0.5) is 0 Å². The van der Waals surface area contributed by atoms with Crippen molar-refractivity contribution >= 4 is 17.7 Å². The minimum atomic E-state index is -0.651. The van der Waals surface area contributed by atoms with Crippen molar-refractivity contribution in [3.8, 4) is 17.2 Å². The van der Waals surface area contributed by atoms with Crippen LogP contribution in [0.2, 0.25) is 0 Å². The van der Waals surface area contributed by atoms with Gasteiger partial charge in [0, 0.05) is 12.1 Å². The molecule has 0 amide bonds. The molecule has 6 nitrogen and oxygen atoms in total. The zero-order valence-corrected chi connectivity index (χ0v) is 15.9. The number of ether oxygens (including phenoxy) is 3. The molecule has 3 aromatic carbocycles. The highest BCUT2D eigenvalue weighted by molar-refractivity contribution is 6.02. The summed E-state index contributed by atoms with van der Waals surface area (Å²) in [6.07, 6.45) is 0. The third-order valence-corrected chi connectivity index (χ3v) is 4.04. The van der Waals surface area contributed by atoms with Gasteiger partial charge in [0.15, 0.2) is 5.78 Å². The van der Waals surface area contributed by atoms with Crippen molar-refractivity contribution in [1.82, 2.24) is 0 Å². The topological polar surface area (TPSA) is 78.9 Å². The zero-order chi connectivity index (χ0) is 20.8. The number of carbonyl (C=O) groups is 3. The van der Waals surface area contributed by atoms with Gasteiger partial charge >= 0.3 is 11.9 Å². The monoisotopic (exact) mass is 390 g/mol. The van der Waals surface area contributed by atoms with Gasteiger partial charge in [-0.15, -0.1) is 0 Å². The maximum Gasteiger partial charge on any atom is 0.343 e. The Hall–Kier alpha value is -3.93. The Bertz CT molecular complexity index is 1040. The molecule has 0 aliphatic carbocycles. The first-order valence-electron chi connectivity index (χ1n) is 8.77. The molecule has 146 valence electrons. The lowest BCUT2D eigenvalue weighted by molar-refractivity contribution is 0.0731. The van der Waals surface area contributed by atoms with Crippen LogP contribution in [0, 0.1) is 0 Å². The van der Waals surface area contributed by atoms with E-state index in [9.17, 15) is 14.4 Å². The average Bonchev–Trinajstić information content (AvgIpc) is 2.74. The van der Waals surface area contributed by atoms with Crippen LogP contribution in [0.15, 0.2) is 72.8 Å². The minimum absolute atomic E-state index is 0.0541. The molecule has 0 heterocycles. The van der Waals surface area contributed by atoms with Gasteiger partial charge in [-0.2, -0.15) is 0 Å². The van der Waals surface area contributed by atoms with E-state index in [0.29, 0.717) is 11.1 Å². The molecule has 0 N–H and O–H groups in total. The van der Waals surface area contributed by atoms with Gasteiger partial charge < -0.3 is 14.2 Å². The van der Waals surface area contributed by atoms with Crippen molar-refractivity contribution in [2.75, 3.05) is 7.11 Å². The lowest BCUT2D eigenvalue weighted by Crippen LogP contribution is -2.13. The molecule has 0 unspecified atom stereocenters. The predicted octanol–water partition coefficient (Wildman–Crippen LogP) is 4.34. The molecule has 0 aliphatic rings. The molecule has 0 spiro atoms. The summed E-state index contributed by atoms with van der Waals surface area (Å²) < 4.78 is 16.1. The largest absolute Gasteiger partial charge is 0.496 e. The maximum absolute atomic E-state index is 12.5. The Balaban J connectivity index is 1.97. The van der Waals surface area contributed by atoms with Gasteiger partial charge in [-0.05, 0) is 31.2 Å². The number of esters is 2.